The molecule has 72 valence electrons. The van der Waals surface area contributed by atoms with Gasteiger partial charge in [0.1, 0.15) is 16.2 Å². The van der Waals surface area contributed by atoms with Gasteiger partial charge in [-0.3, -0.25) is 9.69 Å². The number of rotatable bonds is 2. The minimum atomic E-state index is -1.05. The topological polar surface area (TPSA) is 57.6 Å². The second-order valence-electron chi connectivity index (χ2n) is 2.33. The van der Waals surface area contributed by atoms with E-state index in [1.165, 1.54) is 11.8 Å². The summed E-state index contributed by atoms with van der Waals surface area (Å²) in [6, 6.07) is -0.858. The lowest BCUT2D eigenvalue weighted by Gasteiger charge is -2.18. The van der Waals surface area contributed by atoms with E-state index in [0.29, 0.717) is 5.75 Å². The van der Waals surface area contributed by atoms with Crippen LogP contribution in [0, 0.1) is 0 Å². The maximum Gasteiger partial charge on any atom is 0.327 e. The molecular weight excluding hydrogens is 234 g/mol. The van der Waals surface area contributed by atoms with Gasteiger partial charge >= 0.3 is 5.97 Å². The number of amides is 1. The number of thiocarbonyl (C=S) groups is 1. The molecule has 1 N–H and O–H groups in total. The van der Waals surface area contributed by atoms with Crippen molar-refractivity contribution in [3.8, 4) is 0 Å². The molecule has 0 radical (unpaired) electrons. The number of hydrogen-bond acceptors (Lipinski definition) is 4. The number of alkyl halides is 1. The Labute approximate surface area is 89.2 Å². The van der Waals surface area contributed by atoms with Gasteiger partial charge in [-0.05, 0) is 0 Å². The number of carboxylic acid groups (broad SMARTS) is 1. The van der Waals surface area contributed by atoms with Crippen LogP contribution in [0.3, 0.4) is 0 Å². The number of hydrogen-bond donors (Lipinski definition) is 1. The van der Waals surface area contributed by atoms with Crippen molar-refractivity contribution < 1.29 is 14.7 Å². The highest BCUT2D eigenvalue weighted by Gasteiger charge is 2.38. The van der Waals surface area contributed by atoms with Crippen LogP contribution in [0.1, 0.15) is 0 Å². The number of carbonyl (C=O) groups is 2. The zero-order valence-corrected chi connectivity index (χ0v) is 8.79. The van der Waals surface area contributed by atoms with E-state index in [0.717, 1.165) is 4.90 Å². The summed E-state index contributed by atoms with van der Waals surface area (Å²) in [5, 5.41) is 8.74. The van der Waals surface area contributed by atoms with E-state index in [9.17, 15) is 9.59 Å². The zero-order valence-electron chi connectivity index (χ0n) is 6.40. The van der Waals surface area contributed by atoms with Gasteiger partial charge in [0.25, 0.3) is 0 Å². The summed E-state index contributed by atoms with van der Waals surface area (Å²) < 4.78 is 0.290. The molecule has 1 aliphatic rings. The first-order valence-electron chi connectivity index (χ1n) is 3.35. The molecule has 0 unspecified atom stereocenters. The van der Waals surface area contributed by atoms with Crippen LogP contribution < -0.4 is 0 Å². The quantitative estimate of drug-likeness (QED) is 0.563. The molecular formula is C6H6ClNO3S2. The van der Waals surface area contributed by atoms with Gasteiger partial charge in [-0.25, -0.2) is 4.79 Å². The fraction of sp³-hybridized carbons (Fsp3) is 0.500. The monoisotopic (exact) mass is 239 g/mol. The van der Waals surface area contributed by atoms with Crippen LogP contribution in [0.25, 0.3) is 0 Å². The normalized spacial score (nSPS) is 22.1. The second-order valence-corrected chi connectivity index (χ2v) is 4.25. The van der Waals surface area contributed by atoms with E-state index < -0.39 is 17.9 Å². The van der Waals surface area contributed by atoms with Gasteiger partial charge in [-0.2, -0.15) is 0 Å². The van der Waals surface area contributed by atoms with Crippen LogP contribution in [-0.4, -0.2) is 43.9 Å². The van der Waals surface area contributed by atoms with Crippen molar-refractivity contribution in [2.75, 3.05) is 11.6 Å². The van der Waals surface area contributed by atoms with Crippen LogP contribution in [0.5, 0.6) is 0 Å². The predicted octanol–water partition coefficient (Wildman–Crippen LogP) is 0.539. The molecule has 1 rings (SSSR count). The Morgan fingerprint density at radius 2 is 2.38 bits per heavy atom. The molecule has 1 fully saturated rings. The maximum atomic E-state index is 11.2. The SMILES string of the molecule is O=C(O)[C@@H]1CSC(=S)N1C(=O)CCl. The van der Waals surface area contributed by atoms with Gasteiger partial charge < -0.3 is 5.11 Å². The Hall–Kier alpha value is -0.330. The molecule has 0 aromatic heterocycles. The highest BCUT2D eigenvalue weighted by Crippen LogP contribution is 2.24. The third-order valence-electron chi connectivity index (χ3n) is 1.54. The minimum Gasteiger partial charge on any atom is -0.480 e. The molecule has 7 heteroatoms. The molecule has 1 saturated heterocycles. The van der Waals surface area contributed by atoms with E-state index in [1.54, 1.807) is 0 Å². The van der Waals surface area contributed by atoms with Gasteiger partial charge in [-0.15, -0.1) is 11.6 Å². The zero-order chi connectivity index (χ0) is 10.0. The third-order valence-corrected chi connectivity index (χ3v) is 3.25. The summed E-state index contributed by atoms with van der Waals surface area (Å²) in [4.78, 5) is 22.9. The lowest BCUT2D eigenvalue weighted by molar-refractivity contribution is -0.144. The molecule has 13 heavy (non-hydrogen) atoms. The number of aliphatic carboxylic acids is 1. The summed E-state index contributed by atoms with van der Waals surface area (Å²) in [6.07, 6.45) is 0. The molecule has 1 atom stereocenters. The second kappa shape index (κ2) is 4.26. The van der Waals surface area contributed by atoms with Crippen LogP contribution in [0.15, 0.2) is 0 Å². The van der Waals surface area contributed by atoms with Crippen LogP contribution in [0.2, 0.25) is 0 Å². The van der Waals surface area contributed by atoms with Crippen molar-refractivity contribution in [3.63, 3.8) is 0 Å². The van der Waals surface area contributed by atoms with Crippen molar-refractivity contribution in [2.24, 2.45) is 0 Å². The number of thioether (sulfide) groups is 1. The van der Waals surface area contributed by atoms with E-state index in [-0.39, 0.29) is 10.2 Å². The van der Waals surface area contributed by atoms with Gasteiger partial charge in [0, 0.05) is 5.75 Å². The summed E-state index contributed by atoms with van der Waals surface area (Å²) in [6.45, 7) is 0. The summed E-state index contributed by atoms with van der Waals surface area (Å²) in [7, 11) is 0. The first-order valence-corrected chi connectivity index (χ1v) is 5.28. The van der Waals surface area contributed by atoms with Crippen molar-refractivity contribution in [1.82, 2.24) is 4.90 Å². The minimum absolute atomic E-state index is 0.246. The number of carboxylic acids is 1. The number of halogens is 1. The van der Waals surface area contributed by atoms with E-state index in [4.69, 9.17) is 28.9 Å². The summed E-state index contributed by atoms with van der Waals surface area (Å²) in [5.74, 6) is -1.45. The molecule has 0 spiro atoms. The van der Waals surface area contributed by atoms with E-state index in [2.05, 4.69) is 0 Å². The summed E-state index contributed by atoms with van der Waals surface area (Å²) in [5.41, 5.74) is 0. The van der Waals surface area contributed by atoms with E-state index >= 15 is 0 Å². The molecule has 4 nitrogen and oxygen atoms in total. The van der Waals surface area contributed by atoms with Gasteiger partial charge in [0.05, 0.1) is 0 Å². The van der Waals surface area contributed by atoms with E-state index in [1.807, 2.05) is 0 Å². The Morgan fingerprint density at radius 1 is 1.77 bits per heavy atom. The smallest absolute Gasteiger partial charge is 0.327 e. The highest BCUT2D eigenvalue weighted by atomic mass is 35.5. The molecule has 1 aliphatic heterocycles. The first-order chi connectivity index (χ1) is 6.07. The first kappa shape index (κ1) is 10.7. The largest absolute Gasteiger partial charge is 0.480 e. The van der Waals surface area contributed by atoms with Gasteiger partial charge in [0.2, 0.25) is 5.91 Å². The lowest BCUT2D eigenvalue weighted by Crippen LogP contribution is -2.43. The highest BCUT2D eigenvalue weighted by molar-refractivity contribution is 8.23. The Bertz CT molecular complexity index is 271. The van der Waals surface area contributed by atoms with Crippen molar-refractivity contribution >= 4 is 51.8 Å². The molecule has 0 bridgehead atoms. The predicted molar refractivity (Wildman–Crippen MR) is 54.0 cm³/mol. The lowest BCUT2D eigenvalue weighted by atomic mass is 10.3. The Morgan fingerprint density at radius 3 is 2.85 bits per heavy atom. The van der Waals surface area contributed by atoms with Gasteiger partial charge in [0.15, 0.2) is 0 Å². The molecule has 0 aromatic rings. The van der Waals surface area contributed by atoms with Crippen molar-refractivity contribution in [1.29, 1.82) is 0 Å². The fourth-order valence-corrected chi connectivity index (χ4v) is 2.47. The number of carbonyl (C=O) groups excluding carboxylic acids is 1. The summed E-state index contributed by atoms with van der Waals surface area (Å²) >= 11 is 11.3. The van der Waals surface area contributed by atoms with Crippen LogP contribution in [-0.2, 0) is 9.59 Å². The van der Waals surface area contributed by atoms with Crippen LogP contribution in [0.4, 0.5) is 0 Å². The Kier molecular flexibility index (Phi) is 3.52. The van der Waals surface area contributed by atoms with Crippen molar-refractivity contribution in [3.05, 3.63) is 0 Å². The molecule has 0 aromatic carbocycles. The van der Waals surface area contributed by atoms with Crippen molar-refractivity contribution in [2.45, 2.75) is 6.04 Å². The average Bonchev–Trinajstić information content (AvgIpc) is 2.46. The van der Waals surface area contributed by atoms with Gasteiger partial charge in [-0.1, -0.05) is 24.0 Å². The number of nitrogens with zero attached hydrogens (tertiary/aromatic N) is 1. The Balaban J connectivity index is 2.83. The maximum absolute atomic E-state index is 11.2. The standard InChI is InChI=1S/C6H6ClNO3S2/c7-1-4(9)8-3(5(10)11)2-13-6(8)12/h3H,1-2H2,(H,10,11)/t3-/m0/s1. The fourth-order valence-electron chi connectivity index (χ4n) is 0.943. The third kappa shape index (κ3) is 2.12. The molecule has 1 amide bonds. The molecule has 0 aliphatic carbocycles. The molecule has 0 saturated carbocycles. The van der Waals surface area contributed by atoms with Crippen LogP contribution >= 0.6 is 35.6 Å². The average molecular weight is 240 g/mol. The molecule has 1 heterocycles.